The first-order valence-electron chi connectivity index (χ1n) is 9.60. The maximum atomic E-state index is 12.9. The van der Waals surface area contributed by atoms with E-state index in [1.807, 2.05) is 79.7 Å². The Morgan fingerprint density at radius 2 is 1.66 bits per heavy atom. The highest BCUT2D eigenvalue weighted by Gasteiger charge is 2.35. The van der Waals surface area contributed by atoms with E-state index in [2.05, 4.69) is 5.32 Å². The van der Waals surface area contributed by atoms with Crippen molar-refractivity contribution in [1.82, 2.24) is 0 Å². The third-order valence-electron chi connectivity index (χ3n) is 5.02. The number of aryl methyl sites for hydroxylation is 1. The molecule has 0 aliphatic carbocycles. The zero-order chi connectivity index (χ0) is 20.2. The number of carbonyl (C=O) groups is 2. The largest absolute Gasteiger partial charge is 0.455 e. The molecule has 1 aliphatic rings. The molecule has 4 rings (SSSR count). The summed E-state index contributed by atoms with van der Waals surface area (Å²) in [6, 6.07) is 24.4. The molecule has 1 heterocycles. The van der Waals surface area contributed by atoms with Crippen molar-refractivity contribution in [3.05, 3.63) is 84.4 Å². The van der Waals surface area contributed by atoms with Crippen LogP contribution < -0.4 is 15.0 Å². The standard InChI is InChI=1S/C24H22N2O3/c1-17-9-5-7-13-21(17)26-16-18(15-23(26)27)24(28)25-20-12-6-8-14-22(20)29-19-10-3-2-4-11-19/h2-14,18H,15-16H2,1H3,(H,25,28). The van der Waals surface area contributed by atoms with Gasteiger partial charge in [0.05, 0.1) is 11.6 Å². The van der Waals surface area contributed by atoms with Crippen LogP contribution in [-0.4, -0.2) is 18.4 Å². The highest BCUT2D eigenvalue weighted by Crippen LogP contribution is 2.32. The molecule has 0 spiro atoms. The van der Waals surface area contributed by atoms with E-state index in [0.29, 0.717) is 23.7 Å². The van der Waals surface area contributed by atoms with Crippen molar-refractivity contribution in [3.8, 4) is 11.5 Å². The smallest absolute Gasteiger partial charge is 0.229 e. The van der Waals surface area contributed by atoms with Gasteiger partial charge in [-0.15, -0.1) is 0 Å². The molecule has 1 fully saturated rings. The van der Waals surface area contributed by atoms with E-state index in [0.717, 1.165) is 11.3 Å². The number of nitrogens with one attached hydrogen (secondary N) is 1. The number of amides is 2. The van der Waals surface area contributed by atoms with Gasteiger partial charge < -0.3 is 15.0 Å². The summed E-state index contributed by atoms with van der Waals surface area (Å²) in [4.78, 5) is 27.1. The van der Waals surface area contributed by atoms with Gasteiger partial charge in [0.25, 0.3) is 0 Å². The average molecular weight is 386 g/mol. The van der Waals surface area contributed by atoms with E-state index in [9.17, 15) is 9.59 Å². The SMILES string of the molecule is Cc1ccccc1N1CC(C(=O)Nc2ccccc2Oc2ccccc2)CC1=O. The van der Waals surface area contributed by atoms with Gasteiger partial charge in [-0.1, -0.05) is 48.5 Å². The Kier molecular flexibility index (Phi) is 5.29. The Bertz CT molecular complexity index is 1030. The van der Waals surface area contributed by atoms with Gasteiger partial charge in [-0.05, 0) is 42.8 Å². The Balaban J connectivity index is 1.48. The lowest BCUT2D eigenvalue weighted by Crippen LogP contribution is -2.28. The summed E-state index contributed by atoms with van der Waals surface area (Å²) in [6.45, 7) is 2.34. The van der Waals surface area contributed by atoms with Crippen molar-refractivity contribution in [3.63, 3.8) is 0 Å². The van der Waals surface area contributed by atoms with Gasteiger partial charge in [0, 0.05) is 18.7 Å². The molecule has 0 aromatic heterocycles. The molecule has 3 aromatic rings. The van der Waals surface area contributed by atoms with Crippen LogP contribution in [0.1, 0.15) is 12.0 Å². The number of benzene rings is 3. The molecule has 5 heteroatoms. The highest BCUT2D eigenvalue weighted by atomic mass is 16.5. The quantitative estimate of drug-likeness (QED) is 0.687. The fourth-order valence-corrected chi connectivity index (χ4v) is 3.49. The number of nitrogens with zero attached hydrogens (tertiary/aromatic N) is 1. The second-order valence-corrected chi connectivity index (χ2v) is 7.09. The van der Waals surface area contributed by atoms with E-state index in [1.54, 1.807) is 11.0 Å². The number of hydrogen-bond donors (Lipinski definition) is 1. The maximum Gasteiger partial charge on any atom is 0.229 e. The summed E-state index contributed by atoms with van der Waals surface area (Å²) in [7, 11) is 0. The van der Waals surface area contributed by atoms with Crippen molar-refractivity contribution in [2.45, 2.75) is 13.3 Å². The van der Waals surface area contributed by atoms with Gasteiger partial charge in [-0.2, -0.15) is 0 Å². The molecular weight excluding hydrogens is 364 g/mol. The second kappa shape index (κ2) is 8.19. The second-order valence-electron chi connectivity index (χ2n) is 7.09. The summed E-state index contributed by atoms with van der Waals surface area (Å²) in [5, 5.41) is 2.94. The van der Waals surface area contributed by atoms with Crippen LogP contribution >= 0.6 is 0 Å². The lowest BCUT2D eigenvalue weighted by atomic mass is 10.1. The summed E-state index contributed by atoms with van der Waals surface area (Å²) in [5.41, 5.74) is 2.47. The van der Waals surface area contributed by atoms with Crippen LogP contribution in [0.5, 0.6) is 11.5 Å². The normalized spacial score (nSPS) is 16.0. The zero-order valence-corrected chi connectivity index (χ0v) is 16.2. The van der Waals surface area contributed by atoms with Gasteiger partial charge in [0.2, 0.25) is 11.8 Å². The predicted octanol–water partition coefficient (Wildman–Crippen LogP) is 4.78. The van der Waals surface area contributed by atoms with Crippen LogP contribution in [-0.2, 0) is 9.59 Å². The lowest BCUT2D eigenvalue weighted by Gasteiger charge is -2.19. The third kappa shape index (κ3) is 4.14. The number of hydrogen-bond acceptors (Lipinski definition) is 3. The van der Waals surface area contributed by atoms with E-state index in [4.69, 9.17) is 4.74 Å². The molecule has 1 aliphatic heterocycles. The average Bonchev–Trinajstić information content (AvgIpc) is 3.12. The summed E-state index contributed by atoms with van der Waals surface area (Å²) >= 11 is 0. The minimum Gasteiger partial charge on any atom is -0.455 e. The number of ether oxygens (including phenoxy) is 1. The highest BCUT2D eigenvalue weighted by molar-refractivity contribution is 6.04. The summed E-state index contributed by atoms with van der Waals surface area (Å²) in [6.07, 6.45) is 0.196. The minimum absolute atomic E-state index is 0.0340. The predicted molar refractivity (Wildman–Crippen MR) is 113 cm³/mol. The fraction of sp³-hybridized carbons (Fsp3) is 0.167. The van der Waals surface area contributed by atoms with Crippen LogP contribution in [0.2, 0.25) is 0 Å². The van der Waals surface area contributed by atoms with Crippen molar-refractivity contribution in [2.75, 3.05) is 16.8 Å². The molecule has 0 radical (unpaired) electrons. The van der Waals surface area contributed by atoms with Crippen LogP contribution in [0, 0.1) is 12.8 Å². The zero-order valence-electron chi connectivity index (χ0n) is 16.2. The molecule has 0 bridgehead atoms. The topological polar surface area (TPSA) is 58.6 Å². The van der Waals surface area contributed by atoms with Crippen molar-refractivity contribution in [2.24, 2.45) is 5.92 Å². The Morgan fingerprint density at radius 3 is 2.45 bits per heavy atom. The summed E-state index contributed by atoms with van der Waals surface area (Å²) < 4.78 is 5.91. The summed E-state index contributed by atoms with van der Waals surface area (Å²) in [5.74, 6) is 0.627. The van der Waals surface area contributed by atoms with Gasteiger partial charge in [0.15, 0.2) is 5.75 Å². The fourth-order valence-electron chi connectivity index (χ4n) is 3.49. The van der Waals surface area contributed by atoms with E-state index < -0.39 is 5.92 Å². The molecule has 1 N–H and O–H groups in total. The first kappa shape index (κ1) is 18.7. The Hall–Kier alpha value is -3.60. The van der Waals surface area contributed by atoms with Crippen LogP contribution in [0.4, 0.5) is 11.4 Å². The molecule has 29 heavy (non-hydrogen) atoms. The van der Waals surface area contributed by atoms with E-state index in [-0.39, 0.29) is 18.2 Å². The minimum atomic E-state index is -0.410. The van der Waals surface area contributed by atoms with Gasteiger partial charge in [0.1, 0.15) is 5.75 Å². The lowest BCUT2D eigenvalue weighted by molar-refractivity contribution is -0.122. The van der Waals surface area contributed by atoms with E-state index in [1.165, 1.54) is 0 Å². The monoisotopic (exact) mass is 386 g/mol. The number of anilines is 2. The Labute approximate surface area is 169 Å². The first-order valence-corrected chi connectivity index (χ1v) is 9.60. The molecular formula is C24H22N2O3. The molecule has 146 valence electrons. The third-order valence-corrected chi connectivity index (χ3v) is 5.02. The van der Waals surface area contributed by atoms with Crippen molar-refractivity contribution < 1.29 is 14.3 Å². The van der Waals surface area contributed by atoms with Crippen molar-refractivity contribution in [1.29, 1.82) is 0 Å². The molecule has 2 amide bonds. The number of carbonyl (C=O) groups excluding carboxylic acids is 2. The molecule has 5 nitrogen and oxygen atoms in total. The molecule has 3 aromatic carbocycles. The Morgan fingerprint density at radius 1 is 0.966 bits per heavy atom. The van der Waals surface area contributed by atoms with Crippen LogP contribution in [0.15, 0.2) is 78.9 Å². The van der Waals surface area contributed by atoms with Gasteiger partial charge in [-0.25, -0.2) is 0 Å². The van der Waals surface area contributed by atoms with Crippen LogP contribution in [0.25, 0.3) is 0 Å². The molecule has 1 atom stereocenters. The molecule has 0 saturated carbocycles. The van der Waals surface area contributed by atoms with Crippen molar-refractivity contribution >= 4 is 23.2 Å². The van der Waals surface area contributed by atoms with Gasteiger partial charge in [-0.3, -0.25) is 9.59 Å². The van der Waals surface area contributed by atoms with Crippen LogP contribution in [0.3, 0.4) is 0 Å². The van der Waals surface area contributed by atoms with E-state index >= 15 is 0 Å². The number of rotatable bonds is 5. The molecule has 1 unspecified atom stereocenters. The first-order chi connectivity index (χ1) is 14.1. The van der Waals surface area contributed by atoms with Gasteiger partial charge >= 0.3 is 0 Å². The number of para-hydroxylation sites is 4. The maximum absolute atomic E-state index is 12.9. The molecule has 1 saturated heterocycles.